The molecule has 0 bridgehead atoms. The Kier molecular flexibility index (Phi) is 4.12. The van der Waals surface area contributed by atoms with Crippen molar-refractivity contribution in [1.82, 2.24) is 0 Å². The van der Waals surface area contributed by atoms with E-state index in [1.165, 1.54) is 30.5 Å². The Morgan fingerprint density at radius 2 is 1.72 bits per heavy atom. The lowest BCUT2D eigenvalue weighted by Gasteiger charge is -2.09. The van der Waals surface area contributed by atoms with Crippen LogP contribution in [0.2, 0.25) is 0 Å². The molecule has 3 aromatic rings. The van der Waals surface area contributed by atoms with E-state index in [0.717, 1.165) is 28.6 Å². The van der Waals surface area contributed by atoms with Gasteiger partial charge in [-0.2, -0.15) is 4.57 Å². The molecule has 1 nitrogen and oxygen atoms in total. The first-order valence-corrected chi connectivity index (χ1v) is 9.24. The number of halogens is 1. The third-order valence-electron chi connectivity index (χ3n) is 5.19. The minimum atomic E-state index is -0.172. The van der Waals surface area contributed by atoms with Crippen LogP contribution in [0.15, 0.2) is 60.2 Å². The standard InChI is InChI=1S/C21H17FN.C2H6/c22-16-9-10-20-19(11-16)18(14-5-2-1-3-6-14)12-21-17-8-4-7-15(17)13-23(20)21;1-2/h1-3,5-6,9-12H,4,7-8,13H2;1-2H3/q+1;. The maximum absolute atomic E-state index is 13.9. The predicted octanol–water partition coefficient (Wildman–Crippen LogP) is 5.91. The third-order valence-corrected chi connectivity index (χ3v) is 5.19. The van der Waals surface area contributed by atoms with Gasteiger partial charge in [-0.15, -0.1) is 0 Å². The van der Waals surface area contributed by atoms with Crippen molar-refractivity contribution in [2.75, 3.05) is 0 Å². The van der Waals surface area contributed by atoms with E-state index in [2.05, 4.69) is 22.8 Å². The van der Waals surface area contributed by atoms with Gasteiger partial charge in [0.15, 0.2) is 6.54 Å². The molecule has 0 saturated heterocycles. The zero-order valence-corrected chi connectivity index (χ0v) is 14.8. The van der Waals surface area contributed by atoms with Crippen molar-refractivity contribution in [2.24, 2.45) is 0 Å². The maximum Gasteiger partial charge on any atom is 0.214 e. The molecule has 0 atom stereocenters. The molecular formula is C23H23FN+. The summed E-state index contributed by atoms with van der Waals surface area (Å²) in [5.41, 5.74) is 7.84. The molecule has 0 amide bonds. The molecule has 1 aromatic heterocycles. The largest absolute Gasteiger partial charge is 0.214 e. The van der Waals surface area contributed by atoms with E-state index in [-0.39, 0.29) is 5.82 Å². The number of hydrogen-bond donors (Lipinski definition) is 0. The van der Waals surface area contributed by atoms with Gasteiger partial charge < -0.3 is 0 Å². The second-order valence-corrected chi connectivity index (χ2v) is 6.49. The number of rotatable bonds is 1. The molecule has 0 radical (unpaired) electrons. The lowest BCUT2D eigenvalue weighted by molar-refractivity contribution is -0.660. The fraction of sp³-hybridized carbons (Fsp3) is 0.261. The van der Waals surface area contributed by atoms with Crippen LogP contribution in [0.1, 0.15) is 38.8 Å². The van der Waals surface area contributed by atoms with Crippen molar-refractivity contribution < 1.29 is 8.96 Å². The summed E-state index contributed by atoms with van der Waals surface area (Å²) in [5, 5.41) is 1.00. The lowest BCUT2D eigenvalue weighted by Crippen LogP contribution is -2.36. The number of pyridine rings is 1. The average Bonchev–Trinajstić information content (AvgIpc) is 3.25. The van der Waals surface area contributed by atoms with Crippen LogP contribution in [0.3, 0.4) is 0 Å². The zero-order chi connectivity index (χ0) is 17.4. The number of hydrogen-bond acceptors (Lipinski definition) is 0. The molecular weight excluding hydrogens is 309 g/mol. The first kappa shape index (κ1) is 16.0. The Morgan fingerprint density at radius 3 is 2.52 bits per heavy atom. The third kappa shape index (κ3) is 2.57. The van der Waals surface area contributed by atoms with Crippen LogP contribution in [-0.2, 0) is 6.54 Å². The summed E-state index contributed by atoms with van der Waals surface area (Å²) in [6, 6.07) is 17.8. The molecule has 1 aliphatic heterocycles. The van der Waals surface area contributed by atoms with E-state index in [0.29, 0.717) is 0 Å². The smallest absolute Gasteiger partial charge is 0.207 e. The summed E-state index contributed by atoms with van der Waals surface area (Å²) in [7, 11) is 0. The summed E-state index contributed by atoms with van der Waals surface area (Å²) < 4.78 is 16.3. The summed E-state index contributed by atoms with van der Waals surface area (Å²) >= 11 is 0. The van der Waals surface area contributed by atoms with Crippen molar-refractivity contribution >= 4 is 16.5 Å². The van der Waals surface area contributed by atoms with E-state index < -0.39 is 0 Å². The Bertz CT molecular complexity index is 970. The van der Waals surface area contributed by atoms with Crippen LogP contribution < -0.4 is 4.57 Å². The second-order valence-electron chi connectivity index (χ2n) is 6.49. The lowest BCUT2D eigenvalue weighted by atomic mass is 9.98. The highest BCUT2D eigenvalue weighted by molar-refractivity contribution is 5.94. The van der Waals surface area contributed by atoms with E-state index >= 15 is 0 Å². The van der Waals surface area contributed by atoms with Gasteiger partial charge in [0.2, 0.25) is 11.2 Å². The van der Waals surface area contributed by atoms with Gasteiger partial charge in [-0.3, -0.25) is 0 Å². The quantitative estimate of drug-likeness (QED) is 0.488. The molecule has 0 saturated carbocycles. The van der Waals surface area contributed by atoms with Gasteiger partial charge in [-0.25, -0.2) is 4.39 Å². The van der Waals surface area contributed by atoms with Crippen LogP contribution in [0.4, 0.5) is 4.39 Å². The highest BCUT2D eigenvalue weighted by Gasteiger charge is 2.34. The van der Waals surface area contributed by atoms with Crippen LogP contribution in [0, 0.1) is 5.82 Å². The molecule has 0 unspecified atom stereocenters. The molecule has 126 valence electrons. The first-order valence-electron chi connectivity index (χ1n) is 9.24. The summed E-state index contributed by atoms with van der Waals surface area (Å²) in [5.74, 6) is -0.172. The molecule has 2 heteroatoms. The van der Waals surface area contributed by atoms with Crippen molar-refractivity contribution in [2.45, 2.75) is 39.7 Å². The van der Waals surface area contributed by atoms with Gasteiger partial charge in [-0.1, -0.05) is 44.2 Å². The average molecular weight is 332 g/mol. The van der Waals surface area contributed by atoms with Gasteiger partial charge in [0, 0.05) is 28.8 Å². The molecule has 1 aliphatic carbocycles. The van der Waals surface area contributed by atoms with Crippen molar-refractivity contribution in [3.05, 3.63) is 71.7 Å². The summed E-state index contributed by atoms with van der Waals surface area (Å²) in [6.07, 6.45) is 3.66. The van der Waals surface area contributed by atoms with Gasteiger partial charge in [0.1, 0.15) is 5.82 Å². The van der Waals surface area contributed by atoms with Crippen molar-refractivity contribution in [3.8, 4) is 11.1 Å². The van der Waals surface area contributed by atoms with Crippen LogP contribution in [0.25, 0.3) is 27.6 Å². The van der Waals surface area contributed by atoms with Crippen LogP contribution in [0.5, 0.6) is 0 Å². The monoisotopic (exact) mass is 332 g/mol. The molecule has 2 aromatic carbocycles. The van der Waals surface area contributed by atoms with E-state index in [1.54, 1.807) is 17.7 Å². The molecule has 0 N–H and O–H groups in total. The van der Waals surface area contributed by atoms with Crippen molar-refractivity contribution in [3.63, 3.8) is 0 Å². The highest BCUT2D eigenvalue weighted by atomic mass is 19.1. The summed E-state index contributed by atoms with van der Waals surface area (Å²) in [6.45, 7) is 4.97. The zero-order valence-electron chi connectivity index (χ0n) is 14.8. The first-order chi connectivity index (χ1) is 12.3. The van der Waals surface area contributed by atoms with Crippen LogP contribution in [-0.4, -0.2) is 0 Å². The molecule has 25 heavy (non-hydrogen) atoms. The minimum Gasteiger partial charge on any atom is -0.207 e. The number of benzene rings is 2. The topological polar surface area (TPSA) is 3.88 Å². The van der Waals surface area contributed by atoms with E-state index in [4.69, 9.17) is 0 Å². The second kappa shape index (κ2) is 6.44. The Hall–Kier alpha value is -2.48. The molecule has 2 heterocycles. The van der Waals surface area contributed by atoms with E-state index in [1.807, 2.05) is 38.1 Å². The Morgan fingerprint density at radius 1 is 0.920 bits per heavy atom. The fourth-order valence-corrected chi connectivity index (χ4v) is 4.14. The highest BCUT2D eigenvalue weighted by Crippen LogP contribution is 2.40. The van der Waals surface area contributed by atoms with Crippen molar-refractivity contribution in [1.29, 1.82) is 0 Å². The van der Waals surface area contributed by atoms with Crippen LogP contribution >= 0.6 is 0 Å². The number of allylic oxidation sites excluding steroid dienone is 2. The van der Waals surface area contributed by atoms with Gasteiger partial charge >= 0.3 is 0 Å². The number of aromatic nitrogens is 1. The normalized spacial score (nSPS) is 15.0. The Balaban J connectivity index is 0.000000758. The number of fused-ring (bicyclic) bond motifs is 4. The van der Waals surface area contributed by atoms with Gasteiger partial charge in [-0.05, 0) is 37.0 Å². The fourth-order valence-electron chi connectivity index (χ4n) is 4.14. The molecule has 2 aliphatic rings. The van der Waals surface area contributed by atoms with E-state index in [9.17, 15) is 4.39 Å². The molecule has 0 fully saturated rings. The molecule has 5 rings (SSSR count). The SMILES string of the molecule is CC.Fc1ccc2c(c1)c(-c1ccccc1)cc1[n+]2CC2=C1CCC2. The molecule has 0 spiro atoms. The number of nitrogens with zero attached hydrogens (tertiary/aromatic N) is 1. The minimum absolute atomic E-state index is 0.172. The maximum atomic E-state index is 13.9. The van der Waals surface area contributed by atoms with Gasteiger partial charge in [0.25, 0.3) is 0 Å². The van der Waals surface area contributed by atoms with Gasteiger partial charge in [0.05, 0.1) is 5.39 Å². The predicted molar refractivity (Wildman–Crippen MR) is 102 cm³/mol. The Labute approximate surface area is 148 Å². The summed E-state index contributed by atoms with van der Waals surface area (Å²) in [4.78, 5) is 0.